The summed E-state index contributed by atoms with van der Waals surface area (Å²) in [6, 6.07) is 0. The minimum Gasteiger partial charge on any atom is -0.465 e. The van der Waals surface area contributed by atoms with Gasteiger partial charge in [-0.2, -0.15) is 26.3 Å². The van der Waals surface area contributed by atoms with Crippen molar-refractivity contribution in [2.75, 3.05) is 6.61 Å². The molecule has 0 aliphatic heterocycles. The molecule has 0 N–H and O–H groups in total. The molecule has 0 saturated carbocycles. The topological polar surface area (TPSA) is 26.3 Å². The van der Waals surface area contributed by atoms with Gasteiger partial charge in [0.1, 0.15) is 0 Å². The lowest BCUT2D eigenvalue weighted by molar-refractivity contribution is -0.397. The molecule has 0 radical (unpaired) electrons. The van der Waals surface area contributed by atoms with Crippen molar-refractivity contribution in [1.29, 1.82) is 0 Å². The fourth-order valence-electron chi connectivity index (χ4n) is 4.09. The average molecular weight is 503 g/mol. The Hall–Kier alpha value is -1.16. The van der Waals surface area contributed by atoms with E-state index >= 15 is 0 Å². The van der Waals surface area contributed by atoms with Crippen LogP contribution in [0.15, 0.2) is 0 Å². The van der Waals surface area contributed by atoms with Crippen molar-refractivity contribution in [2.45, 2.75) is 111 Å². The molecule has 0 aliphatic rings. The minimum atomic E-state index is -6.92. The summed E-state index contributed by atoms with van der Waals surface area (Å²) >= 11 is 0. The lowest BCUT2D eigenvalue weighted by Crippen LogP contribution is -2.64. The standard InChI is InChI=1S/C22H35F9O2/c1-8-16(5,9-2)14-18(7,17(6,10-3)11-4)15(32)33-13-12-19(23,24)20(25,21(26,27)28)22(29,30)31/h8-14H2,1-7H3. The molecule has 0 heterocycles. The molecule has 0 fully saturated rings. The number of alkyl halides is 9. The largest absolute Gasteiger partial charge is 0.465 e. The first-order valence-corrected chi connectivity index (χ1v) is 11.0. The van der Waals surface area contributed by atoms with E-state index in [1.165, 1.54) is 0 Å². The Morgan fingerprint density at radius 3 is 1.39 bits per heavy atom. The van der Waals surface area contributed by atoms with E-state index in [0.29, 0.717) is 25.7 Å². The molecule has 0 saturated heterocycles. The van der Waals surface area contributed by atoms with Gasteiger partial charge in [-0.15, -0.1) is 0 Å². The van der Waals surface area contributed by atoms with Crippen molar-refractivity contribution in [3.05, 3.63) is 0 Å². The van der Waals surface area contributed by atoms with Crippen LogP contribution in [-0.2, 0) is 9.53 Å². The van der Waals surface area contributed by atoms with Crippen molar-refractivity contribution in [2.24, 2.45) is 16.2 Å². The van der Waals surface area contributed by atoms with Gasteiger partial charge in [0.25, 0.3) is 0 Å². The summed E-state index contributed by atoms with van der Waals surface area (Å²) in [7, 11) is 0. The zero-order chi connectivity index (χ0) is 26.7. The van der Waals surface area contributed by atoms with Gasteiger partial charge in [0.15, 0.2) is 0 Å². The summed E-state index contributed by atoms with van der Waals surface area (Å²) in [5.74, 6) is -6.92. The van der Waals surface area contributed by atoms with Crippen LogP contribution < -0.4 is 0 Å². The normalized spacial score (nSPS) is 16.5. The van der Waals surface area contributed by atoms with Crippen LogP contribution in [0.2, 0.25) is 0 Å². The number of hydrogen-bond acceptors (Lipinski definition) is 2. The molecule has 1 unspecified atom stereocenters. The van der Waals surface area contributed by atoms with Crippen LogP contribution in [0, 0.1) is 16.2 Å². The Morgan fingerprint density at radius 1 is 0.697 bits per heavy atom. The lowest BCUT2D eigenvalue weighted by Gasteiger charge is -2.48. The number of carbonyl (C=O) groups excluding carboxylic acids is 1. The Labute approximate surface area is 189 Å². The van der Waals surface area contributed by atoms with Crippen LogP contribution in [0.4, 0.5) is 39.5 Å². The van der Waals surface area contributed by atoms with Gasteiger partial charge in [-0.1, -0.05) is 54.4 Å². The predicted octanol–water partition coefficient (Wildman–Crippen LogP) is 8.44. The second kappa shape index (κ2) is 10.2. The zero-order valence-electron chi connectivity index (χ0n) is 20.2. The Balaban J connectivity index is 5.95. The number of hydrogen-bond donors (Lipinski definition) is 0. The van der Waals surface area contributed by atoms with Gasteiger partial charge in [0, 0.05) is 6.42 Å². The van der Waals surface area contributed by atoms with Crippen molar-refractivity contribution >= 4 is 5.97 Å². The van der Waals surface area contributed by atoms with Crippen LogP contribution in [0.3, 0.4) is 0 Å². The van der Waals surface area contributed by atoms with E-state index in [9.17, 15) is 44.3 Å². The molecule has 2 nitrogen and oxygen atoms in total. The fraction of sp³-hybridized carbons (Fsp3) is 0.955. The van der Waals surface area contributed by atoms with Crippen molar-refractivity contribution < 1.29 is 49.0 Å². The SMILES string of the molecule is CCC(C)(CC)CC(C)(C(=O)OCCC(F)(F)C(F)(C(F)(F)F)C(F)(F)F)C(C)(CC)CC. The van der Waals surface area contributed by atoms with Gasteiger partial charge < -0.3 is 4.74 Å². The predicted molar refractivity (Wildman–Crippen MR) is 107 cm³/mol. The maximum Gasteiger partial charge on any atom is 0.437 e. The van der Waals surface area contributed by atoms with Crippen molar-refractivity contribution in [3.63, 3.8) is 0 Å². The first-order valence-electron chi connectivity index (χ1n) is 11.0. The second-order valence-corrected chi connectivity index (χ2v) is 9.54. The quantitative estimate of drug-likeness (QED) is 0.198. The van der Waals surface area contributed by atoms with Gasteiger partial charge in [-0.25, -0.2) is 13.2 Å². The summed E-state index contributed by atoms with van der Waals surface area (Å²) in [4.78, 5) is 13.1. The molecule has 0 bridgehead atoms. The molecule has 198 valence electrons. The van der Waals surface area contributed by atoms with E-state index in [1.54, 1.807) is 13.8 Å². The number of halogens is 9. The van der Waals surface area contributed by atoms with Gasteiger partial charge in [-0.3, -0.25) is 4.79 Å². The highest BCUT2D eigenvalue weighted by atomic mass is 19.4. The average Bonchev–Trinajstić information content (AvgIpc) is 2.69. The van der Waals surface area contributed by atoms with E-state index < -0.39 is 53.8 Å². The maximum absolute atomic E-state index is 14.0. The van der Waals surface area contributed by atoms with Gasteiger partial charge in [0.05, 0.1) is 12.0 Å². The van der Waals surface area contributed by atoms with E-state index in [0.717, 1.165) is 0 Å². The molecule has 0 rings (SSSR count). The minimum absolute atomic E-state index is 0.262. The molecule has 1 atom stereocenters. The maximum atomic E-state index is 14.0. The first kappa shape index (κ1) is 31.8. The summed E-state index contributed by atoms with van der Waals surface area (Å²) in [6.07, 6.45) is -13.6. The van der Waals surface area contributed by atoms with Crippen molar-refractivity contribution in [3.8, 4) is 0 Å². The third-order valence-corrected chi connectivity index (χ3v) is 7.77. The molecule has 0 aromatic carbocycles. The van der Waals surface area contributed by atoms with Crippen LogP contribution in [0.25, 0.3) is 0 Å². The molecule has 0 aliphatic carbocycles. The molecule has 0 aromatic rings. The number of carbonyl (C=O) groups is 1. The Morgan fingerprint density at radius 2 is 1.09 bits per heavy atom. The summed E-state index contributed by atoms with van der Waals surface area (Å²) in [5.41, 5.74) is -9.09. The van der Waals surface area contributed by atoms with E-state index in [1.807, 2.05) is 34.6 Å². The number of rotatable bonds is 12. The highest BCUT2D eigenvalue weighted by Crippen LogP contribution is 2.56. The molecule has 0 amide bonds. The molecular weight excluding hydrogens is 467 g/mol. The molecule has 33 heavy (non-hydrogen) atoms. The second-order valence-electron chi connectivity index (χ2n) is 9.54. The smallest absolute Gasteiger partial charge is 0.437 e. The van der Waals surface area contributed by atoms with Crippen LogP contribution in [0.1, 0.15) is 87.0 Å². The van der Waals surface area contributed by atoms with Crippen LogP contribution in [0.5, 0.6) is 0 Å². The van der Waals surface area contributed by atoms with E-state index in [4.69, 9.17) is 4.74 Å². The molecule has 0 aromatic heterocycles. The summed E-state index contributed by atoms with van der Waals surface area (Å²) in [6.45, 7) is 11.2. The monoisotopic (exact) mass is 502 g/mol. The third kappa shape index (κ3) is 5.92. The van der Waals surface area contributed by atoms with E-state index in [2.05, 4.69) is 0 Å². The van der Waals surface area contributed by atoms with Gasteiger partial charge >= 0.3 is 29.9 Å². The summed E-state index contributed by atoms with van der Waals surface area (Å²) in [5, 5.41) is 0. The first-order chi connectivity index (χ1) is 14.6. The van der Waals surface area contributed by atoms with E-state index in [-0.39, 0.29) is 11.8 Å². The molecular formula is C22H35F9O2. The zero-order valence-corrected chi connectivity index (χ0v) is 20.2. The number of esters is 1. The van der Waals surface area contributed by atoms with Crippen LogP contribution >= 0.6 is 0 Å². The fourth-order valence-corrected chi connectivity index (χ4v) is 4.09. The highest BCUT2D eigenvalue weighted by molar-refractivity contribution is 5.77. The molecule has 11 heteroatoms. The van der Waals surface area contributed by atoms with Gasteiger partial charge in [-0.05, 0) is 37.0 Å². The summed E-state index contributed by atoms with van der Waals surface area (Å²) < 4.78 is 123. The third-order valence-electron chi connectivity index (χ3n) is 7.77. The number of ether oxygens (including phenoxy) is 1. The Bertz CT molecular complexity index is 633. The van der Waals surface area contributed by atoms with Crippen molar-refractivity contribution in [1.82, 2.24) is 0 Å². The lowest BCUT2D eigenvalue weighted by atomic mass is 9.56. The van der Waals surface area contributed by atoms with Gasteiger partial charge in [0.2, 0.25) is 0 Å². The highest BCUT2D eigenvalue weighted by Gasteiger charge is 2.83. The molecule has 0 spiro atoms. The van der Waals surface area contributed by atoms with Crippen LogP contribution in [-0.4, -0.2) is 36.5 Å². The Kier molecular flexibility index (Phi) is 9.86.